The molecule has 0 N–H and O–H groups in total. The largest absolute Gasteiger partial charge is 0.469 e. The van der Waals surface area contributed by atoms with Gasteiger partial charge in [-0.25, -0.2) is 0 Å². The second-order valence-corrected chi connectivity index (χ2v) is 5.09. The highest BCUT2D eigenvalue weighted by atomic mass is 16.5. The van der Waals surface area contributed by atoms with Crippen molar-refractivity contribution in [3.05, 3.63) is 59.5 Å². The molecule has 1 atom stereocenters. The minimum atomic E-state index is -0.163. The van der Waals surface area contributed by atoms with E-state index in [1.807, 2.05) is 38.1 Å². The summed E-state index contributed by atoms with van der Waals surface area (Å²) >= 11 is 0. The number of carbonyl (C=O) groups is 1. The Labute approximate surface area is 119 Å². The molecular weight excluding hydrogens is 252 g/mol. The van der Waals surface area contributed by atoms with Gasteiger partial charge in [0.1, 0.15) is 12.4 Å². The van der Waals surface area contributed by atoms with Gasteiger partial charge in [-0.3, -0.25) is 4.79 Å². The van der Waals surface area contributed by atoms with Gasteiger partial charge in [0.25, 0.3) is 0 Å². The molecule has 106 valence electrons. The molecule has 3 nitrogen and oxygen atoms in total. The minimum absolute atomic E-state index is 0.0910. The van der Waals surface area contributed by atoms with Crippen molar-refractivity contribution in [3.63, 3.8) is 0 Å². The first-order valence-electron chi connectivity index (χ1n) is 6.89. The van der Waals surface area contributed by atoms with Crippen molar-refractivity contribution in [2.75, 3.05) is 6.61 Å². The molecule has 0 unspecified atom stereocenters. The lowest BCUT2D eigenvalue weighted by Gasteiger charge is -2.09. The maximum atomic E-state index is 11.7. The average molecular weight is 272 g/mol. The van der Waals surface area contributed by atoms with E-state index in [1.165, 1.54) is 5.56 Å². The zero-order chi connectivity index (χ0) is 14.4. The molecule has 0 saturated heterocycles. The molecule has 1 heterocycles. The normalized spacial score (nSPS) is 12.1. The first-order chi connectivity index (χ1) is 9.65. The Morgan fingerprint density at radius 2 is 2.00 bits per heavy atom. The van der Waals surface area contributed by atoms with Crippen molar-refractivity contribution in [2.45, 2.75) is 32.6 Å². The van der Waals surface area contributed by atoms with Crippen LogP contribution in [0.5, 0.6) is 0 Å². The van der Waals surface area contributed by atoms with Gasteiger partial charge in [-0.2, -0.15) is 0 Å². The Morgan fingerprint density at radius 1 is 1.25 bits per heavy atom. The van der Waals surface area contributed by atoms with E-state index in [9.17, 15) is 4.79 Å². The summed E-state index contributed by atoms with van der Waals surface area (Å²) in [6.07, 6.45) is 2.76. The van der Waals surface area contributed by atoms with Gasteiger partial charge in [0.2, 0.25) is 0 Å². The van der Waals surface area contributed by atoms with Crippen molar-refractivity contribution in [2.24, 2.45) is 0 Å². The first kappa shape index (κ1) is 14.4. The predicted octanol–water partition coefficient (Wildman–Crippen LogP) is 3.87. The molecule has 0 aliphatic rings. The maximum Gasteiger partial charge on any atom is 0.306 e. The fourth-order valence-corrected chi connectivity index (χ4v) is 1.95. The third kappa shape index (κ3) is 4.26. The lowest BCUT2D eigenvalue weighted by molar-refractivity contribution is -0.144. The Hall–Kier alpha value is -2.03. The van der Waals surface area contributed by atoms with Crippen LogP contribution in [0.1, 0.15) is 36.1 Å². The van der Waals surface area contributed by atoms with Crippen LogP contribution in [-0.4, -0.2) is 12.6 Å². The summed E-state index contributed by atoms with van der Waals surface area (Å²) in [4.78, 5) is 11.7. The van der Waals surface area contributed by atoms with Crippen LogP contribution in [0.15, 0.2) is 47.1 Å². The molecule has 0 aliphatic heterocycles. The zero-order valence-corrected chi connectivity index (χ0v) is 12.0. The summed E-state index contributed by atoms with van der Waals surface area (Å²) in [5.41, 5.74) is 2.38. The summed E-state index contributed by atoms with van der Waals surface area (Å²) in [7, 11) is 0. The molecule has 2 rings (SSSR count). The van der Waals surface area contributed by atoms with Crippen LogP contribution in [-0.2, 0) is 16.0 Å². The monoisotopic (exact) mass is 272 g/mol. The third-order valence-electron chi connectivity index (χ3n) is 3.26. The van der Waals surface area contributed by atoms with Crippen LogP contribution in [0.3, 0.4) is 0 Å². The number of esters is 1. The van der Waals surface area contributed by atoms with Gasteiger partial charge >= 0.3 is 5.97 Å². The molecule has 3 heteroatoms. The number of aryl methyl sites for hydroxylation is 2. The van der Waals surface area contributed by atoms with E-state index >= 15 is 0 Å². The van der Waals surface area contributed by atoms with E-state index in [-0.39, 0.29) is 11.9 Å². The second kappa shape index (κ2) is 6.94. The van der Waals surface area contributed by atoms with Crippen LogP contribution in [0.25, 0.3) is 0 Å². The van der Waals surface area contributed by atoms with Gasteiger partial charge in [-0.1, -0.05) is 36.8 Å². The summed E-state index contributed by atoms with van der Waals surface area (Å²) < 4.78 is 10.6. The van der Waals surface area contributed by atoms with E-state index in [4.69, 9.17) is 9.15 Å². The fraction of sp³-hybridized carbons (Fsp3) is 0.353. The van der Waals surface area contributed by atoms with E-state index in [0.29, 0.717) is 19.4 Å². The number of ether oxygens (including phenoxy) is 1. The summed E-state index contributed by atoms with van der Waals surface area (Å²) in [5.74, 6) is 0.772. The van der Waals surface area contributed by atoms with Gasteiger partial charge < -0.3 is 9.15 Å². The standard InChI is InChI=1S/C17H20O3/c1-13-5-7-15(8-6-13)9-10-17(18)20-12-14(2)16-4-3-11-19-16/h3-8,11,14H,9-10,12H2,1-2H3/t14-/m1/s1. The molecule has 0 radical (unpaired) electrons. The Kier molecular flexibility index (Phi) is 4.99. The zero-order valence-electron chi connectivity index (χ0n) is 12.0. The second-order valence-electron chi connectivity index (χ2n) is 5.09. The molecule has 1 aromatic heterocycles. The topological polar surface area (TPSA) is 39.4 Å². The molecule has 0 aliphatic carbocycles. The molecule has 0 bridgehead atoms. The average Bonchev–Trinajstić information content (AvgIpc) is 2.98. The van der Waals surface area contributed by atoms with Crippen molar-refractivity contribution in [3.8, 4) is 0 Å². The molecule has 2 aromatic rings. The van der Waals surface area contributed by atoms with Crippen LogP contribution in [0.2, 0.25) is 0 Å². The maximum absolute atomic E-state index is 11.7. The molecule has 1 aromatic carbocycles. The molecule has 0 amide bonds. The Balaban J connectivity index is 1.71. The minimum Gasteiger partial charge on any atom is -0.469 e. The van der Waals surface area contributed by atoms with Crippen molar-refractivity contribution in [1.82, 2.24) is 0 Å². The lowest BCUT2D eigenvalue weighted by Crippen LogP contribution is -2.11. The van der Waals surface area contributed by atoms with Crippen LogP contribution < -0.4 is 0 Å². The molecule has 20 heavy (non-hydrogen) atoms. The summed E-state index contributed by atoms with van der Waals surface area (Å²) in [6, 6.07) is 11.9. The predicted molar refractivity (Wildman–Crippen MR) is 77.6 cm³/mol. The van der Waals surface area contributed by atoms with Crippen molar-refractivity contribution in [1.29, 1.82) is 0 Å². The Morgan fingerprint density at radius 3 is 2.65 bits per heavy atom. The van der Waals surface area contributed by atoms with Gasteiger partial charge in [0.05, 0.1) is 6.26 Å². The van der Waals surface area contributed by atoms with E-state index < -0.39 is 0 Å². The number of rotatable bonds is 6. The number of hydrogen-bond acceptors (Lipinski definition) is 3. The third-order valence-corrected chi connectivity index (χ3v) is 3.26. The smallest absolute Gasteiger partial charge is 0.306 e. The highest BCUT2D eigenvalue weighted by Gasteiger charge is 2.11. The number of benzene rings is 1. The first-order valence-corrected chi connectivity index (χ1v) is 6.89. The van der Waals surface area contributed by atoms with Crippen molar-refractivity contribution < 1.29 is 13.9 Å². The molecule has 0 spiro atoms. The van der Waals surface area contributed by atoms with Gasteiger partial charge in [0, 0.05) is 12.3 Å². The molecular formula is C17H20O3. The van der Waals surface area contributed by atoms with Gasteiger partial charge in [-0.15, -0.1) is 0 Å². The summed E-state index contributed by atoms with van der Waals surface area (Å²) in [6.45, 7) is 4.39. The van der Waals surface area contributed by atoms with E-state index in [1.54, 1.807) is 6.26 Å². The quantitative estimate of drug-likeness (QED) is 0.749. The highest BCUT2D eigenvalue weighted by molar-refractivity contribution is 5.69. The van der Waals surface area contributed by atoms with Crippen LogP contribution in [0.4, 0.5) is 0 Å². The van der Waals surface area contributed by atoms with Gasteiger partial charge in [-0.05, 0) is 31.0 Å². The number of hydrogen-bond donors (Lipinski definition) is 0. The van der Waals surface area contributed by atoms with Crippen molar-refractivity contribution >= 4 is 5.97 Å². The fourth-order valence-electron chi connectivity index (χ4n) is 1.95. The summed E-state index contributed by atoms with van der Waals surface area (Å²) in [5, 5.41) is 0. The SMILES string of the molecule is Cc1ccc(CCC(=O)OC[C@@H](C)c2ccco2)cc1. The van der Waals surface area contributed by atoms with E-state index in [0.717, 1.165) is 11.3 Å². The number of furan rings is 1. The van der Waals surface area contributed by atoms with Crippen LogP contribution in [0, 0.1) is 6.92 Å². The molecule has 0 fully saturated rings. The lowest BCUT2D eigenvalue weighted by atomic mass is 10.1. The van der Waals surface area contributed by atoms with Gasteiger partial charge in [0.15, 0.2) is 0 Å². The van der Waals surface area contributed by atoms with Crippen LogP contribution >= 0.6 is 0 Å². The molecule has 0 saturated carbocycles. The number of carbonyl (C=O) groups excluding carboxylic acids is 1. The Bertz CT molecular complexity index is 526. The highest BCUT2D eigenvalue weighted by Crippen LogP contribution is 2.16. The van der Waals surface area contributed by atoms with E-state index in [2.05, 4.69) is 12.1 Å².